The first-order chi connectivity index (χ1) is 16.5. The van der Waals surface area contributed by atoms with Gasteiger partial charge in [0, 0.05) is 18.2 Å². The van der Waals surface area contributed by atoms with E-state index in [0.717, 1.165) is 55.4 Å². The molecule has 5 rings (SSSR count). The Labute approximate surface area is 198 Å². The van der Waals surface area contributed by atoms with Crippen molar-refractivity contribution in [3.05, 3.63) is 65.3 Å². The van der Waals surface area contributed by atoms with Crippen LogP contribution in [0.4, 0.5) is 4.39 Å². The summed E-state index contributed by atoms with van der Waals surface area (Å²) >= 11 is 0. The van der Waals surface area contributed by atoms with E-state index >= 15 is 4.39 Å². The van der Waals surface area contributed by atoms with Gasteiger partial charge in [0.2, 0.25) is 0 Å². The molecule has 34 heavy (non-hydrogen) atoms. The molecule has 1 fully saturated rings. The maximum Gasteiger partial charge on any atom is 0.256 e. The number of amides is 1. The van der Waals surface area contributed by atoms with Gasteiger partial charge in [-0.15, -0.1) is 0 Å². The number of hydrogen-bond acceptors (Lipinski definition) is 4. The average molecular weight is 463 g/mol. The van der Waals surface area contributed by atoms with Crippen LogP contribution in [0.5, 0.6) is 0 Å². The molecule has 1 saturated carbocycles. The third-order valence-corrected chi connectivity index (χ3v) is 7.16. The zero-order valence-electron chi connectivity index (χ0n) is 19.8. The van der Waals surface area contributed by atoms with E-state index in [1.165, 1.54) is 12.7 Å². The van der Waals surface area contributed by atoms with E-state index in [-0.39, 0.29) is 11.7 Å². The van der Waals surface area contributed by atoms with Gasteiger partial charge in [-0.3, -0.25) is 14.6 Å². The first kappa shape index (κ1) is 22.5. The molecule has 2 aromatic heterocycles. The van der Waals surface area contributed by atoms with Crippen LogP contribution in [-0.2, 0) is 16.8 Å². The second kappa shape index (κ2) is 9.16. The van der Waals surface area contributed by atoms with Crippen LogP contribution in [-0.4, -0.2) is 30.9 Å². The Kier molecular flexibility index (Phi) is 6.06. The Morgan fingerprint density at radius 3 is 2.76 bits per heavy atom. The van der Waals surface area contributed by atoms with Crippen LogP contribution in [0.2, 0.25) is 0 Å². The number of unbranched alkanes of at least 4 members (excludes halogenated alkanes) is 2. The van der Waals surface area contributed by atoms with Gasteiger partial charge in [-0.25, -0.2) is 9.37 Å². The van der Waals surface area contributed by atoms with Gasteiger partial charge in [0.15, 0.2) is 5.82 Å². The van der Waals surface area contributed by atoms with Crippen molar-refractivity contribution in [2.75, 3.05) is 0 Å². The predicted molar refractivity (Wildman–Crippen MR) is 128 cm³/mol. The number of carbonyl (C=O) groups is 1. The molecule has 3 aromatic rings. The van der Waals surface area contributed by atoms with Crippen molar-refractivity contribution in [1.82, 2.24) is 30.3 Å². The number of aromatic amines is 1. The van der Waals surface area contributed by atoms with Gasteiger partial charge < -0.3 is 5.32 Å². The maximum atomic E-state index is 15.4. The van der Waals surface area contributed by atoms with E-state index in [0.29, 0.717) is 29.4 Å². The standard InChI is InChI=1S/C26H31FN6O/c1-3-4-5-7-17-10-11-20(21(27)14-17)26(2)15-19(22-12-13-33(32-22)18-8-6-9-18)23(25(34)30-26)24-28-16-29-31-24/h10-14,16,18H,3-9,15H2,1-2H3,(H,30,34)(H,28,29,31)/t26-/m0/s1. The number of aromatic nitrogens is 5. The molecule has 1 aromatic carbocycles. The van der Waals surface area contributed by atoms with E-state index in [1.54, 1.807) is 6.07 Å². The molecule has 7 nitrogen and oxygen atoms in total. The Bertz CT molecular complexity index is 1210. The fraction of sp³-hybridized carbons (Fsp3) is 0.462. The normalized spacial score (nSPS) is 21.0. The highest BCUT2D eigenvalue weighted by Crippen LogP contribution is 2.42. The van der Waals surface area contributed by atoms with E-state index < -0.39 is 5.54 Å². The SMILES string of the molecule is CCCCCc1ccc([C@]2(C)CC(c3ccn(C4CCC4)n3)=C(c3ncn[nH]3)C(=O)N2)c(F)c1. The summed E-state index contributed by atoms with van der Waals surface area (Å²) in [7, 11) is 0. The maximum absolute atomic E-state index is 15.4. The fourth-order valence-corrected chi connectivity index (χ4v) is 4.99. The molecule has 2 aliphatic rings. The molecule has 1 amide bonds. The van der Waals surface area contributed by atoms with Crippen LogP contribution in [0.1, 0.15) is 87.5 Å². The molecule has 2 N–H and O–H groups in total. The minimum atomic E-state index is -0.914. The number of rotatable bonds is 8. The third-order valence-electron chi connectivity index (χ3n) is 7.16. The molecule has 0 spiro atoms. The molecule has 0 bridgehead atoms. The highest BCUT2D eigenvalue weighted by atomic mass is 19.1. The second-order valence-corrected chi connectivity index (χ2v) is 9.69. The molecule has 0 saturated heterocycles. The van der Waals surface area contributed by atoms with E-state index in [2.05, 4.69) is 27.4 Å². The van der Waals surface area contributed by atoms with Gasteiger partial charge in [0.25, 0.3) is 5.91 Å². The van der Waals surface area contributed by atoms with Crippen LogP contribution < -0.4 is 5.32 Å². The van der Waals surface area contributed by atoms with Crippen molar-refractivity contribution in [2.24, 2.45) is 0 Å². The van der Waals surface area contributed by atoms with E-state index in [1.807, 2.05) is 36.0 Å². The quantitative estimate of drug-likeness (QED) is 0.464. The number of aryl methyl sites for hydroxylation is 1. The highest BCUT2D eigenvalue weighted by molar-refractivity contribution is 6.27. The van der Waals surface area contributed by atoms with Gasteiger partial charge in [-0.05, 0) is 62.3 Å². The zero-order valence-corrected chi connectivity index (χ0v) is 19.8. The fourth-order valence-electron chi connectivity index (χ4n) is 4.99. The molecule has 1 aliphatic carbocycles. The Morgan fingerprint density at radius 2 is 2.09 bits per heavy atom. The summed E-state index contributed by atoms with van der Waals surface area (Å²) in [5.74, 6) is -0.219. The first-order valence-corrected chi connectivity index (χ1v) is 12.2. The van der Waals surface area contributed by atoms with E-state index in [4.69, 9.17) is 5.10 Å². The van der Waals surface area contributed by atoms with Crippen LogP contribution >= 0.6 is 0 Å². The Balaban J connectivity index is 1.52. The van der Waals surface area contributed by atoms with Crippen molar-refractivity contribution >= 4 is 17.1 Å². The molecule has 178 valence electrons. The van der Waals surface area contributed by atoms with Gasteiger partial charge >= 0.3 is 0 Å². The minimum absolute atomic E-state index is 0.292. The van der Waals surface area contributed by atoms with Crippen molar-refractivity contribution in [3.8, 4) is 0 Å². The summed E-state index contributed by atoms with van der Waals surface area (Å²) in [6.07, 6.45) is 11.3. The van der Waals surface area contributed by atoms with Crippen LogP contribution in [0.25, 0.3) is 11.1 Å². The average Bonchev–Trinajstić information content (AvgIpc) is 3.45. The Hall–Kier alpha value is -3.29. The third kappa shape index (κ3) is 4.17. The number of nitrogens with zero attached hydrogens (tertiary/aromatic N) is 4. The van der Waals surface area contributed by atoms with Gasteiger partial charge in [-0.2, -0.15) is 10.2 Å². The lowest BCUT2D eigenvalue weighted by Crippen LogP contribution is -2.48. The molecule has 8 heteroatoms. The molecule has 1 atom stereocenters. The van der Waals surface area contributed by atoms with Crippen molar-refractivity contribution in [3.63, 3.8) is 0 Å². The van der Waals surface area contributed by atoms with Gasteiger partial charge in [0.1, 0.15) is 12.1 Å². The number of H-pyrrole nitrogens is 1. The predicted octanol–water partition coefficient (Wildman–Crippen LogP) is 4.94. The number of nitrogens with one attached hydrogen (secondary N) is 2. The molecule has 1 aliphatic heterocycles. The minimum Gasteiger partial charge on any atom is -0.342 e. The summed E-state index contributed by atoms with van der Waals surface area (Å²) in [4.78, 5) is 17.6. The van der Waals surface area contributed by atoms with Gasteiger partial charge in [0.05, 0.1) is 22.8 Å². The van der Waals surface area contributed by atoms with Crippen LogP contribution in [0.3, 0.4) is 0 Å². The van der Waals surface area contributed by atoms with Gasteiger partial charge in [-0.1, -0.05) is 31.9 Å². The first-order valence-electron chi connectivity index (χ1n) is 12.2. The van der Waals surface area contributed by atoms with Crippen molar-refractivity contribution in [1.29, 1.82) is 0 Å². The molecule has 3 heterocycles. The second-order valence-electron chi connectivity index (χ2n) is 9.69. The van der Waals surface area contributed by atoms with Crippen molar-refractivity contribution in [2.45, 2.75) is 76.8 Å². The topological polar surface area (TPSA) is 88.5 Å². The number of benzene rings is 1. The van der Waals surface area contributed by atoms with E-state index in [9.17, 15) is 4.79 Å². The number of hydrogen-bond donors (Lipinski definition) is 2. The molecular formula is C26H31FN6O. The lowest BCUT2D eigenvalue weighted by molar-refractivity contribution is -0.117. The smallest absolute Gasteiger partial charge is 0.256 e. The lowest BCUT2D eigenvalue weighted by Gasteiger charge is -2.37. The lowest BCUT2D eigenvalue weighted by atomic mass is 9.79. The number of halogens is 1. The highest BCUT2D eigenvalue weighted by Gasteiger charge is 2.41. The monoisotopic (exact) mass is 462 g/mol. The molecular weight excluding hydrogens is 431 g/mol. The van der Waals surface area contributed by atoms with Crippen LogP contribution in [0, 0.1) is 5.82 Å². The summed E-state index contributed by atoms with van der Waals surface area (Å²) in [6.45, 7) is 4.03. The van der Waals surface area contributed by atoms with Crippen molar-refractivity contribution < 1.29 is 9.18 Å². The van der Waals surface area contributed by atoms with Crippen LogP contribution in [0.15, 0.2) is 36.8 Å². The number of carbonyl (C=O) groups excluding carboxylic acids is 1. The largest absolute Gasteiger partial charge is 0.342 e. The summed E-state index contributed by atoms with van der Waals surface area (Å²) in [6, 6.07) is 7.76. The molecule has 0 radical (unpaired) electrons. The molecule has 0 unspecified atom stereocenters. The summed E-state index contributed by atoms with van der Waals surface area (Å²) in [5.41, 5.74) is 2.42. The zero-order chi connectivity index (χ0) is 23.7. The Morgan fingerprint density at radius 1 is 1.24 bits per heavy atom. The summed E-state index contributed by atoms with van der Waals surface area (Å²) in [5, 5.41) is 14.6. The summed E-state index contributed by atoms with van der Waals surface area (Å²) < 4.78 is 17.3.